The molecule has 1 heterocycles. The van der Waals surface area contributed by atoms with Crippen LogP contribution in [0.2, 0.25) is 0 Å². The van der Waals surface area contributed by atoms with E-state index in [0.717, 1.165) is 0 Å². The Morgan fingerprint density at radius 2 is 1.72 bits per heavy atom. The number of Topliss-reactive ketones (excluding diaryl/α,β-unsaturated/α-hetero) is 1. The minimum Gasteiger partial charge on any atom is -0.331 e. The Bertz CT molecular complexity index is 738. The van der Waals surface area contributed by atoms with Gasteiger partial charge in [-0.25, -0.2) is 0 Å². The third-order valence-electron chi connectivity index (χ3n) is 3.27. The van der Waals surface area contributed by atoms with Crippen molar-refractivity contribution < 1.29 is 23.2 Å². The van der Waals surface area contributed by atoms with Gasteiger partial charge in [0.05, 0.1) is 18.1 Å². The number of amides is 1. The van der Waals surface area contributed by atoms with Crippen LogP contribution in [0.4, 0.5) is 0 Å². The number of rotatable bonds is 9. The maximum absolute atomic E-state index is 13.2. The monoisotopic (exact) mass is 381 g/mol. The van der Waals surface area contributed by atoms with Gasteiger partial charge < -0.3 is 14.4 Å². The number of carbonyl (C=O) groups excluding carboxylic acids is 2. The van der Waals surface area contributed by atoms with Crippen LogP contribution < -0.4 is 5.32 Å². The number of ketones is 1. The van der Waals surface area contributed by atoms with Gasteiger partial charge in [0.2, 0.25) is 0 Å². The van der Waals surface area contributed by atoms with E-state index in [0.29, 0.717) is 10.4 Å². The predicted octanol–water partition coefficient (Wildman–Crippen LogP) is 4.01. The zero-order valence-electron chi connectivity index (χ0n) is 14.0. The van der Waals surface area contributed by atoms with E-state index in [4.69, 9.17) is 9.05 Å². The van der Waals surface area contributed by atoms with Gasteiger partial charge in [0.15, 0.2) is 5.78 Å². The molecule has 0 saturated heterocycles. The molecule has 0 aliphatic heterocycles. The lowest BCUT2D eigenvalue weighted by molar-refractivity contribution is -0.117. The molecule has 0 bridgehead atoms. The first kappa shape index (κ1) is 19.5. The molecule has 1 aromatic carbocycles. The van der Waals surface area contributed by atoms with Gasteiger partial charge >= 0.3 is 7.60 Å². The lowest BCUT2D eigenvalue weighted by Crippen LogP contribution is -2.34. The van der Waals surface area contributed by atoms with Gasteiger partial charge in [0, 0.05) is 0 Å². The maximum Gasteiger partial charge on any atom is 0.357 e. The highest BCUT2D eigenvalue weighted by Crippen LogP contribution is 2.59. The summed E-state index contributed by atoms with van der Waals surface area (Å²) in [5, 5.41) is 4.25. The van der Waals surface area contributed by atoms with E-state index in [2.05, 4.69) is 5.32 Å². The summed E-state index contributed by atoms with van der Waals surface area (Å²) >= 11 is 1.17. The number of hydrogen-bond acceptors (Lipinski definition) is 6. The van der Waals surface area contributed by atoms with Gasteiger partial charge in [-0.2, -0.15) is 0 Å². The number of thiophene rings is 1. The van der Waals surface area contributed by atoms with E-state index in [-0.39, 0.29) is 13.2 Å². The molecule has 1 unspecified atom stereocenters. The lowest BCUT2D eigenvalue weighted by atomic mass is 10.2. The van der Waals surface area contributed by atoms with Crippen molar-refractivity contribution in [2.45, 2.75) is 19.6 Å². The summed E-state index contributed by atoms with van der Waals surface area (Å²) in [5.74, 6) is -2.60. The second-order valence-electron chi connectivity index (χ2n) is 4.97. The Hall–Kier alpha value is -1.79. The second-order valence-corrected chi connectivity index (χ2v) is 8.03. The normalized spacial score (nSPS) is 12.6. The molecule has 25 heavy (non-hydrogen) atoms. The predicted molar refractivity (Wildman–Crippen MR) is 96.8 cm³/mol. The first-order valence-electron chi connectivity index (χ1n) is 7.84. The Balaban J connectivity index is 2.33. The molecule has 0 aliphatic carbocycles. The van der Waals surface area contributed by atoms with E-state index < -0.39 is 25.1 Å². The Morgan fingerprint density at radius 3 is 2.24 bits per heavy atom. The molecular formula is C17H20NO5PS. The van der Waals surface area contributed by atoms with Crippen LogP contribution in [0.1, 0.15) is 34.9 Å². The average Bonchev–Trinajstić information content (AvgIpc) is 3.14. The summed E-state index contributed by atoms with van der Waals surface area (Å²) in [7, 11) is -3.70. The van der Waals surface area contributed by atoms with E-state index in [1.807, 2.05) is 0 Å². The van der Waals surface area contributed by atoms with E-state index in [1.165, 1.54) is 11.3 Å². The van der Waals surface area contributed by atoms with Crippen LogP contribution in [0.15, 0.2) is 47.8 Å². The van der Waals surface area contributed by atoms with Crippen molar-refractivity contribution in [2.24, 2.45) is 0 Å². The average molecular weight is 381 g/mol. The number of hydrogen-bond donors (Lipinski definition) is 1. The molecular weight excluding hydrogens is 361 g/mol. The summed E-state index contributed by atoms with van der Waals surface area (Å²) in [6.07, 6.45) is 0. The van der Waals surface area contributed by atoms with Crippen molar-refractivity contribution in [1.29, 1.82) is 0 Å². The van der Waals surface area contributed by atoms with Crippen molar-refractivity contribution in [3.63, 3.8) is 0 Å². The molecule has 1 atom stereocenters. The topological polar surface area (TPSA) is 81.7 Å². The van der Waals surface area contributed by atoms with Crippen molar-refractivity contribution in [1.82, 2.24) is 5.32 Å². The number of carbonyl (C=O) groups is 2. The van der Waals surface area contributed by atoms with E-state index in [1.54, 1.807) is 61.7 Å². The molecule has 2 rings (SSSR count). The Labute approximate surface area is 150 Å². The van der Waals surface area contributed by atoms with Crippen LogP contribution in [0, 0.1) is 0 Å². The first-order chi connectivity index (χ1) is 12.0. The van der Waals surface area contributed by atoms with Gasteiger partial charge in [-0.3, -0.25) is 14.2 Å². The minimum absolute atomic E-state index is 0.148. The highest BCUT2D eigenvalue weighted by molar-refractivity contribution is 7.54. The number of nitrogens with one attached hydrogen (secondary N) is 1. The molecule has 1 amide bonds. The summed E-state index contributed by atoms with van der Waals surface area (Å²) in [4.78, 5) is 24.9. The van der Waals surface area contributed by atoms with Crippen LogP contribution >= 0.6 is 18.9 Å². The molecule has 1 aromatic heterocycles. The molecule has 2 aromatic rings. The van der Waals surface area contributed by atoms with E-state index >= 15 is 0 Å². The minimum atomic E-state index is -3.70. The van der Waals surface area contributed by atoms with E-state index in [9.17, 15) is 14.2 Å². The van der Waals surface area contributed by atoms with Gasteiger partial charge in [-0.15, -0.1) is 11.3 Å². The fourth-order valence-electron chi connectivity index (χ4n) is 2.24. The second kappa shape index (κ2) is 9.06. The van der Waals surface area contributed by atoms with Gasteiger partial charge in [0.25, 0.3) is 11.7 Å². The molecule has 0 aliphatic rings. The molecule has 134 valence electrons. The summed E-state index contributed by atoms with van der Waals surface area (Å²) in [5.41, 5.74) is 0.542. The summed E-state index contributed by atoms with van der Waals surface area (Å²) in [6, 6.07) is 11.9. The first-order valence-corrected chi connectivity index (χ1v) is 10.3. The molecule has 0 saturated carbocycles. The van der Waals surface area contributed by atoms with Crippen molar-refractivity contribution in [3.8, 4) is 0 Å². The molecule has 0 spiro atoms. The van der Waals surface area contributed by atoms with Crippen molar-refractivity contribution in [2.75, 3.05) is 13.2 Å². The SMILES string of the molecule is CCOP(=O)(OCC)C(NC(=O)C(=O)c1cccs1)c1ccccc1. The van der Waals surface area contributed by atoms with Crippen molar-refractivity contribution in [3.05, 3.63) is 58.3 Å². The van der Waals surface area contributed by atoms with Crippen LogP contribution in [0.3, 0.4) is 0 Å². The quantitative estimate of drug-likeness (QED) is 0.403. The van der Waals surface area contributed by atoms with Gasteiger partial charge in [0.1, 0.15) is 0 Å². The van der Waals surface area contributed by atoms with Gasteiger partial charge in [-0.05, 0) is 30.9 Å². The zero-order valence-corrected chi connectivity index (χ0v) is 15.7. The van der Waals surface area contributed by atoms with Crippen LogP contribution in [-0.4, -0.2) is 24.9 Å². The molecule has 0 radical (unpaired) electrons. The summed E-state index contributed by atoms with van der Waals surface area (Å²) in [6.45, 7) is 3.67. The Morgan fingerprint density at radius 1 is 1.08 bits per heavy atom. The lowest BCUT2D eigenvalue weighted by Gasteiger charge is -2.27. The molecule has 6 nitrogen and oxygen atoms in total. The third-order valence-corrected chi connectivity index (χ3v) is 6.43. The standard InChI is InChI=1S/C17H20NO5PS/c1-3-22-24(21,23-4-2)17(13-9-6-5-7-10-13)18-16(20)15(19)14-11-8-12-25-14/h5-12,17H,3-4H2,1-2H3,(H,18,20). The maximum atomic E-state index is 13.2. The Kier molecular flexibility index (Phi) is 7.08. The molecule has 0 fully saturated rings. The smallest absolute Gasteiger partial charge is 0.331 e. The largest absolute Gasteiger partial charge is 0.357 e. The van der Waals surface area contributed by atoms with Crippen molar-refractivity contribution >= 4 is 30.6 Å². The molecule has 8 heteroatoms. The van der Waals surface area contributed by atoms with Crippen LogP contribution in [-0.2, 0) is 18.4 Å². The van der Waals surface area contributed by atoms with Gasteiger partial charge in [-0.1, -0.05) is 36.4 Å². The number of benzene rings is 1. The van der Waals surface area contributed by atoms with Crippen LogP contribution in [0.5, 0.6) is 0 Å². The molecule has 1 N–H and O–H groups in total. The van der Waals surface area contributed by atoms with Crippen LogP contribution in [0.25, 0.3) is 0 Å². The highest BCUT2D eigenvalue weighted by atomic mass is 32.1. The fraction of sp³-hybridized carbons (Fsp3) is 0.294. The highest BCUT2D eigenvalue weighted by Gasteiger charge is 2.39. The fourth-order valence-corrected chi connectivity index (χ4v) is 4.80. The zero-order chi connectivity index (χ0) is 18.3. The summed E-state index contributed by atoms with van der Waals surface area (Å²) < 4.78 is 23.9. The third kappa shape index (κ3) is 4.86.